The third-order valence-electron chi connectivity index (χ3n) is 3.34. The van der Waals surface area contributed by atoms with Crippen LogP contribution in [-0.2, 0) is 6.42 Å². The van der Waals surface area contributed by atoms with Gasteiger partial charge in [-0.25, -0.2) is 4.98 Å². The molecule has 0 radical (unpaired) electrons. The fourth-order valence-corrected chi connectivity index (χ4v) is 3.02. The molecule has 0 spiro atoms. The number of aromatic nitrogens is 2. The predicted molar refractivity (Wildman–Crippen MR) is 77.6 cm³/mol. The maximum absolute atomic E-state index is 10.4. The highest BCUT2D eigenvalue weighted by molar-refractivity contribution is 7.15. The van der Waals surface area contributed by atoms with Crippen LogP contribution in [0.3, 0.4) is 0 Å². The Morgan fingerprint density at radius 3 is 3.00 bits per heavy atom. The summed E-state index contributed by atoms with van der Waals surface area (Å²) in [6, 6.07) is 6.18. The van der Waals surface area contributed by atoms with E-state index < -0.39 is 6.10 Å². The molecule has 1 N–H and O–H groups in total. The van der Waals surface area contributed by atoms with Crippen LogP contribution in [-0.4, -0.2) is 14.5 Å². The molecule has 0 bridgehead atoms. The standard InChI is InChI=1S/C15H16N2OS/c1-10-3-4-11(2)13(7-10)14(18)8-12-9-17-5-6-19-15(17)16-12/h3-7,9,14,18H,8H2,1-2H3. The summed E-state index contributed by atoms with van der Waals surface area (Å²) in [5.41, 5.74) is 4.22. The van der Waals surface area contributed by atoms with Gasteiger partial charge in [0, 0.05) is 24.2 Å². The molecule has 2 aromatic heterocycles. The van der Waals surface area contributed by atoms with Gasteiger partial charge in [-0.05, 0) is 25.0 Å². The monoisotopic (exact) mass is 272 g/mol. The average Bonchev–Trinajstić information content (AvgIpc) is 2.92. The Hall–Kier alpha value is -1.65. The van der Waals surface area contributed by atoms with Crippen molar-refractivity contribution in [3.05, 3.63) is 58.4 Å². The molecule has 98 valence electrons. The SMILES string of the molecule is Cc1ccc(C)c(C(O)Cc2cn3ccsc3n2)c1. The Morgan fingerprint density at radius 1 is 1.37 bits per heavy atom. The first kappa shape index (κ1) is 12.4. The van der Waals surface area contributed by atoms with Gasteiger partial charge >= 0.3 is 0 Å². The summed E-state index contributed by atoms with van der Waals surface area (Å²) in [5.74, 6) is 0. The lowest BCUT2D eigenvalue weighted by molar-refractivity contribution is 0.176. The molecule has 3 rings (SSSR count). The summed E-state index contributed by atoms with van der Waals surface area (Å²) < 4.78 is 2.00. The van der Waals surface area contributed by atoms with Crippen molar-refractivity contribution in [3.8, 4) is 0 Å². The zero-order valence-electron chi connectivity index (χ0n) is 11.0. The molecule has 19 heavy (non-hydrogen) atoms. The molecule has 0 fully saturated rings. The molecular formula is C15H16N2OS. The van der Waals surface area contributed by atoms with Gasteiger partial charge in [-0.3, -0.25) is 4.40 Å². The Bertz CT molecular complexity index is 685. The molecule has 1 aromatic carbocycles. The first-order valence-corrected chi connectivity index (χ1v) is 7.18. The topological polar surface area (TPSA) is 37.5 Å². The van der Waals surface area contributed by atoms with Gasteiger partial charge in [0.05, 0.1) is 11.8 Å². The number of nitrogens with zero attached hydrogens (tertiary/aromatic N) is 2. The van der Waals surface area contributed by atoms with Gasteiger partial charge in [-0.2, -0.15) is 0 Å². The van der Waals surface area contributed by atoms with Gasteiger partial charge in [0.2, 0.25) is 0 Å². The van der Waals surface area contributed by atoms with E-state index in [9.17, 15) is 5.11 Å². The fraction of sp³-hybridized carbons (Fsp3) is 0.267. The normalized spacial score (nSPS) is 13.0. The molecule has 1 unspecified atom stereocenters. The minimum Gasteiger partial charge on any atom is -0.388 e. The number of fused-ring (bicyclic) bond motifs is 1. The maximum atomic E-state index is 10.4. The number of thiazole rings is 1. The molecule has 3 nitrogen and oxygen atoms in total. The van der Waals surface area contributed by atoms with E-state index in [1.54, 1.807) is 11.3 Å². The summed E-state index contributed by atoms with van der Waals surface area (Å²) in [6.45, 7) is 4.08. The molecule has 0 aliphatic carbocycles. The number of benzene rings is 1. The van der Waals surface area contributed by atoms with Crippen molar-refractivity contribution in [1.29, 1.82) is 0 Å². The molecule has 0 saturated heterocycles. The molecule has 4 heteroatoms. The molecule has 2 heterocycles. The number of hydrogen-bond donors (Lipinski definition) is 1. The van der Waals surface area contributed by atoms with Gasteiger partial charge in [0.15, 0.2) is 4.96 Å². The first-order chi connectivity index (χ1) is 9.13. The second kappa shape index (κ2) is 4.79. The second-order valence-electron chi connectivity index (χ2n) is 4.91. The Balaban J connectivity index is 1.86. The van der Waals surface area contributed by atoms with E-state index in [1.165, 1.54) is 5.56 Å². The van der Waals surface area contributed by atoms with Crippen LogP contribution in [0.1, 0.15) is 28.5 Å². The largest absolute Gasteiger partial charge is 0.388 e. The van der Waals surface area contributed by atoms with Crippen molar-refractivity contribution in [1.82, 2.24) is 9.38 Å². The summed E-state index contributed by atoms with van der Waals surface area (Å²) >= 11 is 1.61. The van der Waals surface area contributed by atoms with Gasteiger partial charge < -0.3 is 5.11 Å². The average molecular weight is 272 g/mol. The van der Waals surface area contributed by atoms with Crippen molar-refractivity contribution in [3.63, 3.8) is 0 Å². The maximum Gasteiger partial charge on any atom is 0.193 e. The summed E-state index contributed by atoms with van der Waals surface area (Å²) in [4.78, 5) is 5.49. The number of imidazole rings is 1. The molecular weight excluding hydrogens is 256 g/mol. The molecule has 0 aliphatic rings. The summed E-state index contributed by atoms with van der Waals surface area (Å²) in [7, 11) is 0. The smallest absolute Gasteiger partial charge is 0.193 e. The number of aryl methyl sites for hydroxylation is 2. The quantitative estimate of drug-likeness (QED) is 0.794. The van der Waals surface area contributed by atoms with Gasteiger partial charge in [0.25, 0.3) is 0 Å². The van der Waals surface area contributed by atoms with Crippen molar-refractivity contribution < 1.29 is 5.11 Å². The van der Waals surface area contributed by atoms with Crippen LogP contribution < -0.4 is 0 Å². The van der Waals surface area contributed by atoms with Crippen molar-refractivity contribution in [2.75, 3.05) is 0 Å². The van der Waals surface area contributed by atoms with Crippen LogP contribution in [0.5, 0.6) is 0 Å². The van der Waals surface area contributed by atoms with Gasteiger partial charge in [-0.15, -0.1) is 11.3 Å². The molecule has 0 amide bonds. The molecule has 1 atom stereocenters. The van der Waals surface area contributed by atoms with E-state index in [0.717, 1.165) is 21.8 Å². The van der Waals surface area contributed by atoms with E-state index in [2.05, 4.69) is 23.2 Å². The van der Waals surface area contributed by atoms with Crippen LogP contribution in [0.15, 0.2) is 36.0 Å². The molecule has 3 aromatic rings. The third-order valence-corrected chi connectivity index (χ3v) is 4.11. The van der Waals surface area contributed by atoms with E-state index in [-0.39, 0.29) is 0 Å². The van der Waals surface area contributed by atoms with E-state index in [1.807, 2.05) is 36.0 Å². The lowest BCUT2D eigenvalue weighted by Gasteiger charge is -2.13. The highest BCUT2D eigenvalue weighted by Gasteiger charge is 2.14. The van der Waals surface area contributed by atoms with Crippen LogP contribution in [0.25, 0.3) is 4.96 Å². The van der Waals surface area contributed by atoms with Crippen LogP contribution in [0.4, 0.5) is 0 Å². The third kappa shape index (κ3) is 2.41. The zero-order chi connectivity index (χ0) is 13.4. The van der Waals surface area contributed by atoms with E-state index >= 15 is 0 Å². The number of rotatable bonds is 3. The van der Waals surface area contributed by atoms with E-state index in [4.69, 9.17) is 0 Å². The van der Waals surface area contributed by atoms with E-state index in [0.29, 0.717) is 6.42 Å². The van der Waals surface area contributed by atoms with Crippen molar-refractivity contribution >= 4 is 16.3 Å². The van der Waals surface area contributed by atoms with Gasteiger partial charge in [-0.1, -0.05) is 23.8 Å². The summed E-state index contributed by atoms with van der Waals surface area (Å²) in [5, 5.41) is 12.4. The highest BCUT2D eigenvalue weighted by atomic mass is 32.1. The number of aliphatic hydroxyl groups excluding tert-OH is 1. The summed E-state index contributed by atoms with van der Waals surface area (Å²) in [6.07, 6.45) is 4.03. The Labute approximate surface area is 116 Å². The van der Waals surface area contributed by atoms with Crippen molar-refractivity contribution in [2.45, 2.75) is 26.4 Å². The molecule has 0 aliphatic heterocycles. The minimum absolute atomic E-state index is 0.496. The zero-order valence-corrected chi connectivity index (χ0v) is 11.8. The molecule has 0 saturated carbocycles. The Morgan fingerprint density at radius 2 is 2.21 bits per heavy atom. The fourth-order valence-electron chi connectivity index (χ4n) is 2.30. The minimum atomic E-state index is -0.496. The van der Waals surface area contributed by atoms with Crippen LogP contribution in [0, 0.1) is 13.8 Å². The number of aliphatic hydroxyl groups is 1. The predicted octanol–water partition coefficient (Wildman–Crippen LogP) is 3.29. The lowest BCUT2D eigenvalue weighted by atomic mass is 9.98. The van der Waals surface area contributed by atoms with Crippen LogP contribution >= 0.6 is 11.3 Å². The number of hydrogen-bond acceptors (Lipinski definition) is 3. The Kier molecular flexibility index (Phi) is 3.12. The van der Waals surface area contributed by atoms with Crippen molar-refractivity contribution in [2.24, 2.45) is 0 Å². The second-order valence-corrected chi connectivity index (χ2v) is 5.78. The highest BCUT2D eigenvalue weighted by Crippen LogP contribution is 2.23. The van der Waals surface area contributed by atoms with Gasteiger partial charge in [0.1, 0.15) is 0 Å². The first-order valence-electron chi connectivity index (χ1n) is 6.30. The van der Waals surface area contributed by atoms with Crippen LogP contribution in [0.2, 0.25) is 0 Å². The lowest BCUT2D eigenvalue weighted by Crippen LogP contribution is -2.04.